The molecular weight excluding hydrogens is 352 g/mol. The zero-order chi connectivity index (χ0) is 6.78. The molecule has 0 aliphatic rings. The smallest absolute Gasteiger partial charge is 0.136 e. The molecule has 0 aromatic carbocycles. The maximum atomic E-state index is 10.4. The summed E-state index contributed by atoms with van der Waals surface area (Å²) in [5, 5.41) is 0. The summed E-state index contributed by atoms with van der Waals surface area (Å²) in [7, 11) is -1.03. The molecular formula is C3H6I2NOS-. The van der Waals surface area contributed by atoms with Gasteiger partial charge in [0.1, 0.15) is 1.55 Å². The van der Waals surface area contributed by atoms with Gasteiger partial charge in [0.2, 0.25) is 0 Å². The second-order valence-corrected chi connectivity index (χ2v) is 8.65. The van der Waals surface area contributed by atoms with Crippen LogP contribution in [0, 0.1) is 0 Å². The summed E-state index contributed by atoms with van der Waals surface area (Å²) in [6.07, 6.45) is 1.57. The van der Waals surface area contributed by atoms with Gasteiger partial charge in [-0.25, -0.2) is 0 Å². The summed E-state index contributed by atoms with van der Waals surface area (Å²) in [4.78, 5) is 0. The Morgan fingerprint density at radius 2 is 2.00 bits per heavy atom. The predicted molar refractivity (Wildman–Crippen MR) is 52.8 cm³/mol. The lowest BCUT2D eigenvalue weighted by molar-refractivity contribution is 0.601. The van der Waals surface area contributed by atoms with E-state index < -0.39 is 10.6 Å². The first-order chi connectivity index (χ1) is 3.42. The summed E-state index contributed by atoms with van der Waals surface area (Å²) in [5.74, 6) is 0. The molecule has 2 nitrogen and oxygen atoms in total. The van der Waals surface area contributed by atoms with Crippen molar-refractivity contribution in [3.63, 3.8) is 0 Å². The van der Waals surface area contributed by atoms with E-state index in [9.17, 15) is 4.21 Å². The highest BCUT2D eigenvalue weighted by Gasteiger charge is 2.05. The standard InChI is InChI=1S/C3H6I2NOS/c1-3(4,5)6-8(2)7/h1-2H3/q-1. The van der Waals surface area contributed by atoms with Gasteiger partial charge in [0.15, 0.2) is 0 Å². The van der Waals surface area contributed by atoms with Crippen LogP contribution in [0.15, 0.2) is 4.36 Å². The molecule has 0 amide bonds. The zero-order valence-electron chi connectivity index (χ0n) is 4.52. The summed E-state index contributed by atoms with van der Waals surface area (Å²) in [5.41, 5.74) is 0. The van der Waals surface area contributed by atoms with Crippen molar-refractivity contribution in [1.82, 2.24) is 0 Å². The maximum Gasteiger partial charge on any atom is 0.136 e. The molecule has 0 N–H and O–H groups in total. The molecule has 0 fully saturated rings. The van der Waals surface area contributed by atoms with E-state index in [-0.39, 0.29) is 1.55 Å². The van der Waals surface area contributed by atoms with E-state index in [1.807, 2.05) is 6.92 Å². The molecule has 0 radical (unpaired) electrons. The SMILES string of the molecule is C[S-](=O)=NC(C)(I)I. The third kappa shape index (κ3) is 7.41. The van der Waals surface area contributed by atoms with Crippen molar-refractivity contribution in [2.45, 2.75) is 8.48 Å². The van der Waals surface area contributed by atoms with Gasteiger partial charge < -0.3 is 8.57 Å². The van der Waals surface area contributed by atoms with Gasteiger partial charge in [-0.2, -0.15) is 10.6 Å². The van der Waals surface area contributed by atoms with Crippen LogP contribution < -0.4 is 0 Å². The number of hydrogen-bond donors (Lipinski definition) is 0. The largest absolute Gasteiger partial charge is 0.445 e. The molecule has 0 aromatic heterocycles. The van der Waals surface area contributed by atoms with E-state index in [2.05, 4.69) is 49.5 Å². The van der Waals surface area contributed by atoms with Crippen molar-refractivity contribution >= 4 is 55.8 Å². The fraction of sp³-hybridized carbons (Fsp3) is 1.00. The first-order valence-electron chi connectivity index (χ1n) is 1.86. The Bertz CT molecular complexity index is 144. The molecule has 0 aliphatic heterocycles. The van der Waals surface area contributed by atoms with Crippen LogP contribution in [0.25, 0.3) is 0 Å². The second kappa shape index (κ2) is 3.55. The minimum atomic E-state index is -1.03. The van der Waals surface area contributed by atoms with Crippen LogP contribution in [0.4, 0.5) is 0 Å². The van der Waals surface area contributed by atoms with Gasteiger partial charge in [-0.15, -0.1) is 6.26 Å². The Labute approximate surface area is 78.3 Å². The number of rotatable bonds is 1. The lowest BCUT2D eigenvalue weighted by Gasteiger charge is -2.10. The minimum Gasteiger partial charge on any atom is -0.445 e. The van der Waals surface area contributed by atoms with E-state index in [1.54, 1.807) is 6.26 Å². The molecule has 0 saturated heterocycles. The van der Waals surface area contributed by atoms with Gasteiger partial charge >= 0.3 is 0 Å². The lowest BCUT2D eigenvalue weighted by atomic mass is 10.8. The molecule has 0 unspecified atom stereocenters. The average molecular weight is 358 g/mol. The molecule has 5 heteroatoms. The van der Waals surface area contributed by atoms with Gasteiger partial charge in [0.05, 0.1) is 0 Å². The molecule has 0 heterocycles. The molecule has 0 atom stereocenters. The van der Waals surface area contributed by atoms with Crippen molar-refractivity contribution in [3.05, 3.63) is 0 Å². The Hall–Kier alpha value is 1.41. The summed E-state index contributed by atoms with van der Waals surface area (Å²) in [6.45, 7) is 1.90. The molecule has 8 heavy (non-hydrogen) atoms. The van der Waals surface area contributed by atoms with Crippen molar-refractivity contribution in [3.8, 4) is 0 Å². The molecule has 0 saturated carbocycles. The molecule has 0 spiro atoms. The highest BCUT2D eigenvalue weighted by Crippen LogP contribution is 2.27. The Kier molecular flexibility index (Phi) is 4.17. The lowest BCUT2D eigenvalue weighted by Crippen LogP contribution is -1.96. The number of halogens is 2. The van der Waals surface area contributed by atoms with E-state index in [0.29, 0.717) is 0 Å². The monoisotopic (exact) mass is 358 g/mol. The van der Waals surface area contributed by atoms with Gasteiger partial charge in [-0.05, 0) is 52.1 Å². The Morgan fingerprint density at radius 1 is 1.62 bits per heavy atom. The third-order valence-corrected chi connectivity index (χ3v) is 2.05. The van der Waals surface area contributed by atoms with Crippen LogP contribution in [-0.4, -0.2) is 7.81 Å². The van der Waals surface area contributed by atoms with Crippen molar-refractivity contribution in [2.24, 2.45) is 4.36 Å². The van der Waals surface area contributed by atoms with Crippen LogP contribution >= 0.6 is 45.2 Å². The molecule has 0 rings (SSSR count). The third-order valence-electron chi connectivity index (χ3n) is 0.289. The van der Waals surface area contributed by atoms with Gasteiger partial charge in [-0.1, -0.05) is 0 Å². The van der Waals surface area contributed by atoms with Crippen molar-refractivity contribution in [1.29, 1.82) is 0 Å². The van der Waals surface area contributed by atoms with Gasteiger partial charge in [-0.3, -0.25) is 0 Å². The number of nitrogens with zero attached hydrogens (tertiary/aromatic N) is 1. The van der Waals surface area contributed by atoms with E-state index in [0.717, 1.165) is 0 Å². The quantitative estimate of drug-likeness (QED) is 0.306. The highest BCUT2D eigenvalue weighted by atomic mass is 127. The second-order valence-electron chi connectivity index (χ2n) is 1.36. The van der Waals surface area contributed by atoms with Crippen molar-refractivity contribution in [2.75, 3.05) is 6.26 Å². The summed E-state index contributed by atoms with van der Waals surface area (Å²) >= 11 is 4.24. The van der Waals surface area contributed by atoms with Crippen LogP contribution in [0.3, 0.4) is 0 Å². The molecule has 0 bridgehead atoms. The van der Waals surface area contributed by atoms with Crippen LogP contribution in [0.1, 0.15) is 6.92 Å². The van der Waals surface area contributed by atoms with E-state index >= 15 is 0 Å². The Morgan fingerprint density at radius 3 is 2.00 bits per heavy atom. The first-order valence-corrected chi connectivity index (χ1v) is 5.53. The topological polar surface area (TPSA) is 29.4 Å². The maximum absolute atomic E-state index is 10.4. The number of alkyl halides is 2. The van der Waals surface area contributed by atoms with E-state index in [4.69, 9.17) is 0 Å². The molecule has 0 aliphatic carbocycles. The zero-order valence-corrected chi connectivity index (χ0v) is 9.65. The fourth-order valence-electron chi connectivity index (χ4n) is 0.226. The highest BCUT2D eigenvalue weighted by molar-refractivity contribution is 14.2. The van der Waals surface area contributed by atoms with E-state index in [1.165, 1.54) is 0 Å². The van der Waals surface area contributed by atoms with Crippen LogP contribution in [0.2, 0.25) is 0 Å². The van der Waals surface area contributed by atoms with Gasteiger partial charge in [0, 0.05) is 0 Å². The number of hydrogen-bond acceptors (Lipinski definition) is 3. The molecule has 0 aromatic rings. The minimum absolute atomic E-state index is 0.213. The normalized spacial score (nSPS) is 16.5. The fourth-order valence-corrected chi connectivity index (χ4v) is 2.34. The van der Waals surface area contributed by atoms with Crippen molar-refractivity contribution < 1.29 is 4.21 Å². The molecule has 50 valence electrons. The first kappa shape index (κ1) is 9.41. The average Bonchev–Trinajstić information content (AvgIpc) is 1.21. The Balaban J connectivity index is 4.10. The van der Waals surface area contributed by atoms with Crippen LogP contribution in [0.5, 0.6) is 0 Å². The van der Waals surface area contributed by atoms with Crippen LogP contribution in [-0.2, 0) is 14.8 Å². The predicted octanol–water partition coefficient (Wildman–Crippen LogP) is 2.31. The summed E-state index contributed by atoms with van der Waals surface area (Å²) in [6, 6.07) is 0. The van der Waals surface area contributed by atoms with Gasteiger partial charge in [0.25, 0.3) is 0 Å². The summed E-state index contributed by atoms with van der Waals surface area (Å²) < 4.78 is 14.0.